The van der Waals surface area contributed by atoms with Crippen LogP contribution in [0, 0.1) is 5.92 Å². The van der Waals surface area contributed by atoms with E-state index in [4.69, 9.17) is 0 Å². The molecule has 0 saturated heterocycles. The van der Waals surface area contributed by atoms with Gasteiger partial charge in [-0.25, -0.2) is 4.98 Å². The molecular weight excluding hydrogens is 282 g/mol. The molecule has 2 heterocycles. The van der Waals surface area contributed by atoms with Crippen LogP contribution >= 0.6 is 11.3 Å². The minimum atomic E-state index is -0.0290. The van der Waals surface area contributed by atoms with Crippen LogP contribution in [-0.4, -0.2) is 17.4 Å². The maximum atomic E-state index is 12.4. The second-order valence-corrected chi connectivity index (χ2v) is 6.75. The van der Waals surface area contributed by atoms with Gasteiger partial charge in [0.1, 0.15) is 0 Å². The Labute approximate surface area is 127 Å². The number of amides is 1. The second kappa shape index (κ2) is 5.15. The Kier molecular flexibility index (Phi) is 3.15. The molecule has 1 aliphatic carbocycles. The van der Waals surface area contributed by atoms with Crippen molar-refractivity contribution in [3.63, 3.8) is 0 Å². The first kappa shape index (κ1) is 12.8. The van der Waals surface area contributed by atoms with Crippen molar-refractivity contribution < 1.29 is 4.79 Å². The van der Waals surface area contributed by atoms with Crippen LogP contribution in [0.5, 0.6) is 0 Å². The van der Waals surface area contributed by atoms with Gasteiger partial charge in [0.15, 0.2) is 5.13 Å². The van der Waals surface area contributed by atoms with E-state index in [1.165, 1.54) is 22.6 Å². The summed E-state index contributed by atoms with van der Waals surface area (Å²) in [5, 5.41) is 7.11. The highest BCUT2D eigenvalue weighted by atomic mass is 32.1. The minimum absolute atomic E-state index is 0.0290. The topological polar surface area (TPSA) is 54.0 Å². The van der Waals surface area contributed by atoms with Crippen molar-refractivity contribution in [3.8, 4) is 0 Å². The van der Waals surface area contributed by atoms with Gasteiger partial charge in [0.2, 0.25) is 5.91 Å². The summed E-state index contributed by atoms with van der Waals surface area (Å²) < 4.78 is 0. The number of nitrogens with zero attached hydrogens (tertiary/aromatic N) is 1. The number of hydrogen-bond donors (Lipinski definition) is 2. The Hall–Kier alpha value is -1.88. The molecular formula is C16H17N3OS. The zero-order valence-electron chi connectivity index (χ0n) is 11.7. The van der Waals surface area contributed by atoms with E-state index in [2.05, 4.69) is 27.8 Å². The highest BCUT2D eigenvalue weighted by molar-refractivity contribution is 7.15. The van der Waals surface area contributed by atoms with Gasteiger partial charge in [-0.15, -0.1) is 11.3 Å². The fourth-order valence-electron chi connectivity index (χ4n) is 3.08. The number of carbonyl (C=O) groups excluding carboxylic acids is 1. The first-order chi connectivity index (χ1) is 10.3. The first-order valence-electron chi connectivity index (χ1n) is 7.41. The van der Waals surface area contributed by atoms with Crippen LogP contribution in [-0.2, 0) is 24.1 Å². The average Bonchev–Trinajstić information content (AvgIpc) is 3.08. The molecule has 21 heavy (non-hydrogen) atoms. The monoisotopic (exact) mass is 299 g/mol. The van der Waals surface area contributed by atoms with Crippen molar-refractivity contribution in [2.24, 2.45) is 5.92 Å². The van der Waals surface area contributed by atoms with E-state index >= 15 is 0 Å². The van der Waals surface area contributed by atoms with Gasteiger partial charge < -0.3 is 10.6 Å². The van der Waals surface area contributed by atoms with E-state index < -0.39 is 0 Å². The lowest BCUT2D eigenvalue weighted by atomic mass is 9.93. The van der Waals surface area contributed by atoms with Crippen molar-refractivity contribution in [1.29, 1.82) is 0 Å². The van der Waals surface area contributed by atoms with E-state index in [1.54, 1.807) is 11.3 Å². The van der Waals surface area contributed by atoms with Gasteiger partial charge in [0.25, 0.3) is 0 Å². The summed E-state index contributed by atoms with van der Waals surface area (Å²) in [5.41, 5.74) is 3.54. The van der Waals surface area contributed by atoms with E-state index in [1.807, 2.05) is 12.1 Å². The van der Waals surface area contributed by atoms with Crippen LogP contribution in [0.4, 0.5) is 10.8 Å². The number of thiazole rings is 1. The lowest BCUT2D eigenvalue weighted by molar-refractivity contribution is -0.119. The van der Waals surface area contributed by atoms with Gasteiger partial charge in [0.05, 0.1) is 11.6 Å². The SMILES string of the molecule is O=C(Nc1nc2c(s1)CCC2)C1CNc2ccccc2C1. The van der Waals surface area contributed by atoms with Crippen LogP contribution in [0.1, 0.15) is 22.6 Å². The van der Waals surface area contributed by atoms with Crippen molar-refractivity contribution in [3.05, 3.63) is 40.4 Å². The van der Waals surface area contributed by atoms with Crippen molar-refractivity contribution in [2.75, 3.05) is 17.2 Å². The molecule has 4 nitrogen and oxygen atoms in total. The smallest absolute Gasteiger partial charge is 0.231 e. The summed E-state index contributed by atoms with van der Waals surface area (Å²) in [7, 11) is 0. The van der Waals surface area contributed by atoms with E-state index in [0.29, 0.717) is 6.54 Å². The molecule has 0 radical (unpaired) electrons. The van der Waals surface area contributed by atoms with Gasteiger partial charge >= 0.3 is 0 Å². The highest BCUT2D eigenvalue weighted by Crippen LogP contribution is 2.31. The Morgan fingerprint density at radius 1 is 1.33 bits per heavy atom. The molecule has 5 heteroatoms. The molecule has 2 aromatic rings. The number of anilines is 2. The van der Waals surface area contributed by atoms with Crippen molar-refractivity contribution in [2.45, 2.75) is 25.7 Å². The molecule has 108 valence electrons. The quantitative estimate of drug-likeness (QED) is 0.896. The second-order valence-electron chi connectivity index (χ2n) is 5.67. The number of hydrogen-bond acceptors (Lipinski definition) is 4. The van der Waals surface area contributed by atoms with Gasteiger partial charge in [0, 0.05) is 17.1 Å². The summed E-state index contributed by atoms with van der Waals surface area (Å²) in [5.74, 6) is 0.0445. The van der Waals surface area contributed by atoms with Gasteiger partial charge in [-0.3, -0.25) is 4.79 Å². The van der Waals surface area contributed by atoms with E-state index in [9.17, 15) is 4.79 Å². The van der Waals surface area contributed by atoms with E-state index in [0.717, 1.165) is 30.1 Å². The Bertz CT molecular complexity index is 673. The van der Waals surface area contributed by atoms with Crippen molar-refractivity contribution in [1.82, 2.24) is 4.98 Å². The number of rotatable bonds is 2. The van der Waals surface area contributed by atoms with Crippen LogP contribution in [0.15, 0.2) is 24.3 Å². The van der Waals surface area contributed by atoms with Gasteiger partial charge in [-0.1, -0.05) is 18.2 Å². The zero-order chi connectivity index (χ0) is 14.2. The number of para-hydroxylation sites is 1. The summed E-state index contributed by atoms with van der Waals surface area (Å²) in [4.78, 5) is 18.3. The first-order valence-corrected chi connectivity index (χ1v) is 8.22. The fourth-order valence-corrected chi connectivity index (χ4v) is 4.13. The lowest BCUT2D eigenvalue weighted by Gasteiger charge is -2.24. The number of aromatic nitrogens is 1. The van der Waals surface area contributed by atoms with Crippen LogP contribution < -0.4 is 10.6 Å². The summed E-state index contributed by atoms with van der Waals surface area (Å²) in [6.07, 6.45) is 4.16. The third-order valence-corrected chi connectivity index (χ3v) is 5.29. The zero-order valence-corrected chi connectivity index (χ0v) is 12.5. The maximum Gasteiger partial charge on any atom is 0.231 e. The number of carbonyl (C=O) groups is 1. The average molecular weight is 299 g/mol. The van der Waals surface area contributed by atoms with E-state index in [-0.39, 0.29) is 11.8 Å². The third kappa shape index (κ3) is 2.42. The third-order valence-electron chi connectivity index (χ3n) is 4.22. The van der Waals surface area contributed by atoms with Crippen molar-refractivity contribution >= 4 is 28.1 Å². The van der Waals surface area contributed by atoms with Gasteiger partial charge in [-0.05, 0) is 37.3 Å². The molecule has 1 aliphatic heterocycles. The van der Waals surface area contributed by atoms with Crippen LogP contribution in [0.25, 0.3) is 0 Å². The Balaban J connectivity index is 1.46. The lowest BCUT2D eigenvalue weighted by Crippen LogP contribution is -2.33. The molecule has 2 aliphatic rings. The molecule has 1 atom stereocenters. The molecule has 0 saturated carbocycles. The molecule has 0 fully saturated rings. The molecule has 1 unspecified atom stereocenters. The molecule has 1 amide bonds. The number of benzene rings is 1. The predicted octanol–water partition coefficient (Wildman–Crippen LogP) is 2.85. The minimum Gasteiger partial charge on any atom is -0.384 e. The molecule has 1 aromatic carbocycles. The normalized spacial score (nSPS) is 19.5. The molecule has 2 N–H and O–H groups in total. The molecule has 4 rings (SSSR count). The van der Waals surface area contributed by atoms with Crippen LogP contribution in [0.2, 0.25) is 0 Å². The summed E-state index contributed by atoms with van der Waals surface area (Å²) >= 11 is 1.64. The molecule has 1 aromatic heterocycles. The van der Waals surface area contributed by atoms with Crippen LogP contribution in [0.3, 0.4) is 0 Å². The number of nitrogens with one attached hydrogen (secondary N) is 2. The highest BCUT2D eigenvalue weighted by Gasteiger charge is 2.25. The summed E-state index contributed by atoms with van der Waals surface area (Å²) in [6, 6.07) is 8.18. The summed E-state index contributed by atoms with van der Waals surface area (Å²) in [6.45, 7) is 0.688. The Morgan fingerprint density at radius 3 is 3.14 bits per heavy atom. The van der Waals surface area contributed by atoms with Gasteiger partial charge in [-0.2, -0.15) is 0 Å². The largest absolute Gasteiger partial charge is 0.384 e. The standard InChI is InChI=1S/C16H17N3OS/c20-15(19-16-18-13-6-3-7-14(13)21-16)11-8-10-4-1-2-5-12(10)17-9-11/h1-2,4-5,11,17H,3,6-9H2,(H,18,19,20). The number of aryl methyl sites for hydroxylation is 2. The fraction of sp³-hybridized carbons (Fsp3) is 0.375. The Morgan fingerprint density at radius 2 is 2.24 bits per heavy atom. The molecule has 0 bridgehead atoms. The maximum absolute atomic E-state index is 12.4. The number of fused-ring (bicyclic) bond motifs is 2. The predicted molar refractivity (Wildman–Crippen MR) is 84.9 cm³/mol. The molecule has 0 spiro atoms.